The Morgan fingerprint density at radius 3 is 2.59 bits per heavy atom. The summed E-state index contributed by atoms with van der Waals surface area (Å²) in [6, 6.07) is 13.6. The Bertz CT molecular complexity index is 1400. The lowest BCUT2D eigenvalue weighted by Gasteiger charge is -2.31. The van der Waals surface area contributed by atoms with Gasteiger partial charge in [0, 0.05) is 26.2 Å². The molecular weight excluding hydrogens is 473 g/mol. The highest BCUT2D eigenvalue weighted by molar-refractivity contribution is 6.05. The van der Waals surface area contributed by atoms with E-state index in [9.17, 15) is 9.18 Å². The van der Waals surface area contributed by atoms with Gasteiger partial charge in [0.15, 0.2) is 0 Å². The quantitative estimate of drug-likeness (QED) is 0.376. The van der Waals surface area contributed by atoms with E-state index in [4.69, 9.17) is 9.15 Å². The van der Waals surface area contributed by atoms with Gasteiger partial charge in [-0.25, -0.2) is 4.39 Å². The number of amides is 1. The minimum Gasteiger partial charge on any atom is -0.495 e. The van der Waals surface area contributed by atoms with Crippen LogP contribution in [0.1, 0.15) is 33.1 Å². The molecule has 1 aliphatic heterocycles. The smallest absolute Gasteiger partial charge is 0.255 e. The molecule has 2 aromatic carbocycles. The minimum atomic E-state index is -0.291. The number of piperazine rings is 1. The number of fused-ring (bicyclic) bond motifs is 1. The second-order valence-electron chi connectivity index (χ2n) is 9.19. The predicted molar refractivity (Wildman–Crippen MR) is 141 cm³/mol. The highest BCUT2D eigenvalue weighted by Gasteiger charge is 2.20. The minimum absolute atomic E-state index is 0.269. The molecule has 0 saturated carbocycles. The Hall–Kier alpha value is -3.95. The van der Waals surface area contributed by atoms with Gasteiger partial charge < -0.3 is 19.4 Å². The van der Waals surface area contributed by atoms with E-state index in [1.54, 1.807) is 30.3 Å². The number of furan rings is 1. The zero-order valence-corrected chi connectivity index (χ0v) is 21.0. The molecule has 1 amide bonds. The molecule has 0 atom stereocenters. The Balaban J connectivity index is 1.28. The van der Waals surface area contributed by atoms with Gasteiger partial charge >= 0.3 is 0 Å². The van der Waals surface area contributed by atoms with Crippen LogP contribution in [0.2, 0.25) is 0 Å². The lowest BCUT2D eigenvalue weighted by Crippen LogP contribution is -2.43. The number of hydrogen-bond donors (Lipinski definition) is 2. The summed E-state index contributed by atoms with van der Waals surface area (Å²) < 4.78 is 24.8. The molecule has 0 aliphatic carbocycles. The van der Waals surface area contributed by atoms with Crippen molar-refractivity contribution >= 4 is 29.0 Å². The number of nitrogens with one attached hydrogen (secondary N) is 2. The number of methoxy groups -OCH3 is 1. The third-order valence-corrected chi connectivity index (χ3v) is 6.58. The van der Waals surface area contributed by atoms with Crippen LogP contribution in [0.3, 0.4) is 0 Å². The topological polar surface area (TPSA) is 86.6 Å². The lowest BCUT2D eigenvalue weighted by atomic mass is 10.1. The van der Waals surface area contributed by atoms with Crippen molar-refractivity contribution in [1.82, 2.24) is 25.3 Å². The highest BCUT2D eigenvalue weighted by Crippen LogP contribution is 2.32. The van der Waals surface area contributed by atoms with Crippen LogP contribution in [0.5, 0.6) is 5.75 Å². The van der Waals surface area contributed by atoms with Crippen LogP contribution in [0.4, 0.5) is 4.39 Å². The van der Waals surface area contributed by atoms with Crippen LogP contribution in [0.15, 0.2) is 52.9 Å². The van der Waals surface area contributed by atoms with E-state index < -0.39 is 0 Å². The standard InChI is InChI=1S/C28H30FN5O3/c1-33-13-15-34(16-14-33)18-22-9-8-21(37-22)17-30-28(35)23-10-12-25-26(27(23)36-2)24(31-32-25)11-5-19-3-6-20(29)7-4-19/h3-12H,13-18H2,1-2H3,(H,30,35)(H,31,32). The number of aromatic nitrogens is 2. The number of likely N-dealkylation sites (N-methyl/N-ethyl adjacent to an activating group) is 1. The molecule has 3 heterocycles. The summed E-state index contributed by atoms with van der Waals surface area (Å²) in [4.78, 5) is 17.8. The van der Waals surface area contributed by atoms with Crippen molar-refractivity contribution in [2.45, 2.75) is 13.1 Å². The number of halogens is 1. The number of nitrogens with zero attached hydrogens (tertiary/aromatic N) is 3. The SMILES string of the molecule is COc1c(C(=O)NCc2ccc(CN3CCN(C)CC3)o2)ccc2[nH]nc(C=Cc3ccc(F)cc3)c12. The van der Waals surface area contributed by atoms with Crippen molar-refractivity contribution in [3.05, 3.63) is 82.7 Å². The van der Waals surface area contributed by atoms with Gasteiger partial charge in [-0.3, -0.25) is 14.8 Å². The third kappa shape index (κ3) is 5.73. The fourth-order valence-corrected chi connectivity index (χ4v) is 4.46. The molecule has 0 spiro atoms. The van der Waals surface area contributed by atoms with E-state index in [1.807, 2.05) is 18.2 Å². The van der Waals surface area contributed by atoms with Gasteiger partial charge in [0.1, 0.15) is 23.1 Å². The lowest BCUT2D eigenvalue weighted by molar-refractivity contribution is 0.0944. The van der Waals surface area contributed by atoms with Gasteiger partial charge in [0.25, 0.3) is 5.91 Å². The van der Waals surface area contributed by atoms with Gasteiger partial charge in [-0.05, 0) is 55.1 Å². The average molecular weight is 504 g/mol. The second-order valence-corrected chi connectivity index (χ2v) is 9.19. The summed E-state index contributed by atoms with van der Waals surface area (Å²) in [6.45, 7) is 5.17. The van der Waals surface area contributed by atoms with Crippen LogP contribution in [0, 0.1) is 5.82 Å². The first-order valence-corrected chi connectivity index (χ1v) is 12.3. The van der Waals surface area contributed by atoms with E-state index in [2.05, 4.69) is 32.4 Å². The van der Waals surface area contributed by atoms with Crippen LogP contribution >= 0.6 is 0 Å². The maximum Gasteiger partial charge on any atom is 0.255 e. The van der Waals surface area contributed by atoms with Gasteiger partial charge in [-0.1, -0.05) is 18.2 Å². The van der Waals surface area contributed by atoms with Crippen LogP contribution in [-0.2, 0) is 13.1 Å². The summed E-state index contributed by atoms with van der Waals surface area (Å²) >= 11 is 0. The number of ether oxygens (including phenoxy) is 1. The molecule has 1 aliphatic rings. The molecule has 5 rings (SSSR count). The van der Waals surface area contributed by atoms with Crippen LogP contribution < -0.4 is 10.1 Å². The number of aromatic amines is 1. The predicted octanol–water partition coefficient (Wildman–Crippen LogP) is 4.15. The molecule has 1 saturated heterocycles. The van der Waals surface area contributed by atoms with E-state index in [1.165, 1.54) is 19.2 Å². The zero-order chi connectivity index (χ0) is 25.8. The molecule has 9 heteroatoms. The Morgan fingerprint density at radius 1 is 1.08 bits per heavy atom. The summed E-state index contributed by atoms with van der Waals surface area (Å²) in [7, 11) is 3.67. The average Bonchev–Trinajstić information content (AvgIpc) is 3.54. The molecule has 4 aromatic rings. The molecule has 1 fully saturated rings. The Kier molecular flexibility index (Phi) is 7.34. The molecule has 2 aromatic heterocycles. The Labute approximate surface area is 214 Å². The van der Waals surface area contributed by atoms with Gasteiger partial charge in [-0.15, -0.1) is 0 Å². The first kappa shape index (κ1) is 24.7. The first-order valence-electron chi connectivity index (χ1n) is 12.3. The highest BCUT2D eigenvalue weighted by atomic mass is 19.1. The largest absolute Gasteiger partial charge is 0.495 e. The molecule has 0 bridgehead atoms. The zero-order valence-electron chi connectivity index (χ0n) is 21.0. The summed E-state index contributed by atoms with van der Waals surface area (Å²) in [5.41, 5.74) is 2.59. The molecule has 192 valence electrons. The maximum atomic E-state index is 13.2. The number of rotatable bonds is 8. The summed E-state index contributed by atoms with van der Waals surface area (Å²) in [5, 5.41) is 11.0. The van der Waals surface area contributed by atoms with E-state index >= 15 is 0 Å². The fourth-order valence-electron chi connectivity index (χ4n) is 4.46. The second kappa shape index (κ2) is 11.0. The third-order valence-electron chi connectivity index (χ3n) is 6.58. The first-order chi connectivity index (χ1) is 18.0. The van der Waals surface area contributed by atoms with E-state index in [0.29, 0.717) is 28.2 Å². The van der Waals surface area contributed by atoms with Gasteiger partial charge in [-0.2, -0.15) is 5.10 Å². The van der Waals surface area contributed by atoms with Crippen molar-refractivity contribution in [2.24, 2.45) is 0 Å². The van der Waals surface area contributed by atoms with Crippen molar-refractivity contribution in [2.75, 3.05) is 40.3 Å². The maximum absolute atomic E-state index is 13.2. The molecule has 2 N–H and O–H groups in total. The number of benzene rings is 2. The monoisotopic (exact) mass is 503 g/mol. The van der Waals surface area contributed by atoms with Gasteiger partial charge in [0.05, 0.1) is 42.4 Å². The van der Waals surface area contributed by atoms with Crippen molar-refractivity contribution in [3.8, 4) is 5.75 Å². The summed E-state index contributed by atoms with van der Waals surface area (Å²) in [5.74, 6) is 1.45. The molecular formula is C28H30FN5O3. The van der Waals surface area contributed by atoms with Crippen molar-refractivity contribution in [3.63, 3.8) is 0 Å². The molecule has 0 unspecified atom stereocenters. The van der Waals surface area contributed by atoms with Crippen molar-refractivity contribution in [1.29, 1.82) is 0 Å². The normalized spacial score (nSPS) is 15.0. The number of carbonyl (C=O) groups excluding carboxylic acids is 1. The van der Waals surface area contributed by atoms with E-state index in [-0.39, 0.29) is 18.3 Å². The molecule has 8 nitrogen and oxygen atoms in total. The number of hydrogen-bond acceptors (Lipinski definition) is 6. The number of H-pyrrole nitrogens is 1. The van der Waals surface area contributed by atoms with E-state index in [0.717, 1.165) is 49.6 Å². The van der Waals surface area contributed by atoms with Gasteiger partial charge in [0.2, 0.25) is 0 Å². The molecule has 37 heavy (non-hydrogen) atoms. The van der Waals surface area contributed by atoms with Crippen LogP contribution in [0.25, 0.3) is 23.1 Å². The summed E-state index contributed by atoms with van der Waals surface area (Å²) in [6.07, 6.45) is 3.64. The Morgan fingerprint density at radius 2 is 1.84 bits per heavy atom. The number of carbonyl (C=O) groups is 1. The van der Waals surface area contributed by atoms with Crippen molar-refractivity contribution < 1.29 is 18.3 Å². The molecule has 0 radical (unpaired) electrons. The van der Waals surface area contributed by atoms with Crippen LogP contribution in [-0.4, -0.2) is 66.2 Å². The fraction of sp³-hybridized carbons (Fsp3) is 0.286.